The molecule has 8 nitrogen and oxygen atoms in total. The van der Waals surface area contributed by atoms with Crippen molar-refractivity contribution in [2.24, 2.45) is 0 Å². The average Bonchev–Trinajstić information content (AvgIpc) is 3.04. The van der Waals surface area contributed by atoms with Crippen molar-refractivity contribution in [1.29, 1.82) is 0 Å². The fourth-order valence-corrected chi connectivity index (χ4v) is 3.80. The van der Waals surface area contributed by atoms with Gasteiger partial charge < -0.3 is 19.7 Å². The van der Waals surface area contributed by atoms with Crippen LogP contribution in [0.4, 0.5) is 20.6 Å². The van der Waals surface area contributed by atoms with Crippen LogP contribution in [0.25, 0.3) is 11.1 Å². The maximum absolute atomic E-state index is 15.0. The van der Waals surface area contributed by atoms with Crippen molar-refractivity contribution < 1.29 is 23.5 Å². The molecule has 2 fully saturated rings. The highest BCUT2D eigenvalue weighted by Gasteiger charge is 2.32. The fourth-order valence-electron chi connectivity index (χ4n) is 3.80. The Morgan fingerprint density at radius 1 is 1.12 bits per heavy atom. The number of benzene rings is 1. The minimum absolute atomic E-state index is 0.139. The molecule has 0 aromatic heterocycles. The molecule has 2 heterocycles. The first-order valence-electron chi connectivity index (χ1n) is 10.4. The van der Waals surface area contributed by atoms with Crippen LogP contribution in [-0.4, -0.2) is 57.5 Å². The molecule has 0 bridgehead atoms. The van der Waals surface area contributed by atoms with Crippen LogP contribution >= 0.6 is 0 Å². The summed E-state index contributed by atoms with van der Waals surface area (Å²) in [7, 11) is 0. The third-order valence-electron chi connectivity index (χ3n) is 5.47. The predicted octanol–water partition coefficient (Wildman–Crippen LogP) is 2.15. The fraction of sp³-hybridized carbons (Fsp3) is 0.348. The quantitative estimate of drug-likeness (QED) is 0.765. The van der Waals surface area contributed by atoms with Crippen molar-refractivity contribution in [1.82, 2.24) is 5.32 Å². The normalized spacial score (nSPS) is 18.4. The van der Waals surface area contributed by atoms with Gasteiger partial charge in [0.1, 0.15) is 11.9 Å². The van der Waals surface area contributed by atoms with Crippen molar-refractivity contribution in [3.63, 3.8) is 0 Å². The largest absolute Gasteiger partial charge is 0.442 e. The van der Waals surface area contributed by atoms with Gasteiger partial charge >= 0.3 is 6.09 Å². The molecule has 2 aromatic carbocycles. The van der Waals surface area contributed by atoms with E-state index < -0.39 is 18.0 Å². The molecule has 2 saturated heterocycles. The molecule has 0 aliphatic carbocycles. The summed E-state index contributed by atoms with van der Waals surface area (Å²) in [5.41, 5.74) is 1.65. The summed E-state index contributed by atoms with van der Waals surface area (Å²) in [6.07, 6.45) is -1.10. The first-order chi connectivity index (χ1) is 15.4. The first kappa shape index (κ1) is 21.8. The van der Waals surface area contributed by atoms with Gasteiger partial charge in [-0.2, -0.15) is 0 Å². The lowest BCUT2D eigenvalue weighted by molar-refractivity contribution is -0.119. The third kappa shape index (κ3) is 4.72. The number of morpholine rings is 1. The molecule has 4 rings (SSSR count). The monoisotopic (exact) mass is 441 g/mol. The zero-order valence-electron chi connectivity index (χ0n) is 17.7. The smallest absolute Gasteiger partial charge is 0.414 e. The molecule has 168 valence electrons. The lowest BCUT2D eigenvalue weighted by atomic mass is 10.1. The molecule has 0 unspecified atom stereocenters. The number of ether oxygens (including phenoxy) is 2. The number of hydrogen-bond donors (Lipinski definition) is 1. The Hall–Kier alpha value is -3.46. The molecule has 1 atom stereocenters. The molecular weight excluding hydrogens is 417 g/mol. The Morgan fingerprint density at radius 2 is 1.88 bits per heavy atom. The van der Waals surface area contributed by atoms with E-state index in [9.17, 15) is 14.4 Å². The number of nitrogens with one attached hydrogen (secondary N) is 1. The van der Waals surface area contributed by atoms with Crippen LogP contribution in [0.2, 0.25) is 0 Å². The molecule has 1 N–H and O–H groups in total. The van der Waals surface area contributed by atoms with Crippen LogP contribution in [0.15, 0.2) is 47.3 Å². The Kier molecular flexibility index (Phi) is 6.36. The number of carbonyl (C=O) groups excluding carboxylic acids is 2. The van der Waals surface area contributed by atoms with E-state index in [0.717, 1.165) is 0 Å². The number of hydrogen-bond acceptors (Lipinski definition) is 6. The van der Waals surface area contributed by atoms with Crippen LogP contribution in [0.5, 0.6) is 0 Å². The van der Waals surface area contributed by atoms with Crippen molar-refractivity contribution >= 4 is 23.4 Å². The molecule has 0 saturated carbocycles. The highest BCUT2D eigenvalue weighted by atomic mass is 19.1. The van der Waals surface area contributed by atoms with Crippen LogP contribution in [-0.2, 0) is 14.3 Å². The van der Waals surface area contributed by atoms with Crippen molar-refractivity contribution in [3.8, 4) is 11.1 Å². The maximum atomic E-state index is 15.0. The van der Waals surface area contributed by atoms with Crippen LogP contribution in [0, 0.1) is 5.82 Å². The Morgan fingerprint density at radius 3 is 2.59 bits per heavy atom. The first-order valence-corrected chi connectivity index (χ1v) is 10.4. The third-order valence-corrected chi connectivity index (χ3v) is 5.47. The van der Waals surface area contributed by atoms with Crippen molar-refractivity contribution in [3.05, 3.63) is 58.5 Å². The number of carbonyl (C=O) groups is 2. The zero-order chi connectivity index (χ0) is 22.7. The van der Waals surface area contributed by atoms with Crippen LogP contribution in [0.1, 0.15) is 6.92 Å². The number of rotatable bonds is 5. The summed E-state index contributed by atoms with van der Waals surface area (Å²) in [6, 6.07) is 10.9. The predicted molar refractivity (Wildman–Crippen MR) is 117 cm³/mol. The summed E-state index contributed by atoms with van der Waals surface area (Å²) >= 11 is 0. The van der Waals surface area contributed by atoms with E-state index in [4.69, 9.17) is 9.47 Å². The summed E-state index contributed by atoms with van der Waals surface area (Å²) in [6.45, 7) is 4.17. The van der Waals surface area contributed by atoms with Gasteiger partial charge in [0, 0.05) is 25.6 Å². The van der Waals surface area contributed by atoms with Gasteiger partial charge in [0.15, 0.2) is 0 Å². The van der Waals surface area contributed by atoms with Gasteiger partial charge in [0.25, 0.3) is 0 Å². The minimum atomic E-state index is -0.593. The summed E-state index contributed by atoms with van der Waals surface area (Å²) in [5, 5.41) is 2.60. The van der Waals surface area contributed by atoms with Crippen LogP contribution < -0.4 is 20.5 Å². The highest BCUT2D eigenvalue weighted by Crippen LogP contribution is 2.29. The Balaban J connectivity index is 1.55. The molecule has 0 radical (unpaired) electrons. The molecule has 32 heavy (non-hydrogen) atoms. The number of amides is 2. The van der Waals surface area contributed by atoms with Gasteiger partial charge in [-0.05, 0) is 35.9 Å². The lowest BCUT2D eigenvalue weighted by Crippen LogP contribution is -2.38. The lowest BCUT2D eigenvalue weighted by Gasteiger charge is -2.27. The zero-order valence-corrected chi connectivity index (χ0v) is 17.7. The molecule has 9 heteroatoms. The molecule has 2 aliphatic rings. The van der Waals surface area contributed by atoms with E-state index >= 15 is 4.39 Å². The summed E-state index contributed by atoms with van der Waals surface area (Å²) in [5.74, 6) is -0.740. The molecule has 0 spiro atoms. The van der Waals surface area contributed by atoms with E-state index in [1.165, 1.54) is 24.0 Å². The van der Waals surface area contributed by atoms with Gasteiger partial charge in [0.05, 0.1) is 37.7 Å². The van der Waals surface area contributed by atoms with Gasteiger partial charge in [-0.25, -0.2) is 9.18 Å². The van der Waals surface area contributed by atoms with Gasteiger partial charge in [-0.15, -0.1) is 0 Å². The van der Waals surface area contributed by atoms with E-state index in [2.05, 4.69) is 5.32 Å². The van der Waals surface area contributed by atoms with E-state index in [0.29, 0.717) is 48.8 Å². The van der Waals surface area contributed by atoms with Gasteiger partial charge in [0.2, 0.25) is 11.3 Å². The molecule has 2 aromatic rings. The molecule has 2 aliphatic heterocycles. The number of cyclic esters (lactones) is 1. The molecular formula is C23H24FN3O5. The van der Waals surface area contributed by atoms with Gasteiger partial charge in [-0.1, -0.05) is 12.1 Å². The second-order valence-corrected chi connectivity index (χ2v) is 7.69. The van der Waals surface area contributed by atoms with Gasteiger partial charge in [-0.3, -0.25) is 14.5 Å². The van der Waals surface area contributed by atoms with Crippen LogP contribution in [0.3, 0.4) is 0 Å². The number of anilines is 2. The highest BCUT2D eigenvalue weighted by molar-refractivity contribution is 5.90. The number of nitrogens with zero attached hydrogens (tertiary/aromatic N) is 2. The SMILES string of the molecule is CC(=O)NC[C@H]1CN(c2ccc(-c3ccc(N4CCOCC4)c(=O)cc3)c(F)c2)C(=O)O1. The van der Waals surface area contributed by atoms with Crippen molar-refractivity contribution in [2.45, 2.75) is 13.0 Å². The summed E-state index contributed by atoms with van der Waals surface area (Å²) in [4.78, 5) is 39.1. The molecule has 2 amide bonds. The van der Waals surface area contributed by atoms with Crippen molar-refractivity contribution in [2.75, 3.05) is 49.2 Å². The Labute approximate surface area is 184 Å². The second kappa shape index (κ2) is 9.35. The van der Waals surface area contributed by atoms with E-state index in [1.807, 2.05) is 4.90 Å². The minimum Gasteiger partial charge on any atom is -0.442 e. The number of halogens is 1. The standard InChI is InChI=1S/C23H24FN3O5/c1-15(28)25-13-18-14-27(23(30)32-18)17-4-5-19(20(24)12-17)16-2-6-21(22(29)7-3-16)26-8-10-31-11-9-26/h2-7,12,18H,8-11,13-14H2,1H3,(H,25,28)/t18-/m0/s1. The van der Waals surface area contributed by atoms with E-state index in [1.54, 1.807) is 30.3 Å². The second-order valence-electron chi connectivity index (χ2n) is 7.69. The topological polar surface area (TPSA) is 88.2 Å². The Bertz CT molecular complexity index is 1090. The summed E-state index contributed by atoms with van der Waals surface area (Å²) < 4.78 is 25.6. The maximum Gasteiger partial charge on any atom is 0.414 e. The van der Waals surface area contributed by atoms with E-state index in [-0.39, 0.29) is 24.4 Å². The average molecular weight is 441 g/mol.